The number of halogens is 2. The smallest absolute Gasteiger partial charge is 0.253 e. The minimum atomic E-state index is -3.57. The topological polar surface area (TPSA) is 63.2 Å². The number of nitrogens with one attached hydrogen (secondary N) is 1. The first kappa shape index (κ1) is 19.8. The van der Waals surface area contributed by atoms with E-state index >= 15 is 0 Å². The normalized spacial score (nSPS) is 12.9. The molecule has 0 fully saturated rings. The highest BCUT2D eigenvalue weighted by atomic mass is 35.5. The van der Waals surface area contributed by atoms with E-state index in [2.05, 4.69) is 5.32 Å². The lowest BCUT2D eigenvalue weighted by molar-refractivity contribution is 0.0936. The highest BCUT2D eigenvalue weighted by Gasteiger charge is 2.26. The van der Waals surface area contributed by atoms with Crippen LogP contribution >= 0.6 is 23.2 Å². The maximum absolute atomic E-state index is 12.7. The molecule has 4 nitrogen and oxygen atoms in total. The van der Waals surface area contributed by atoms with Crippen molar-refractivity contribution in [3.63, 3.8) is 0 Å². The average Bonchev–Trinajstić information content (AvgIpc) is 2.54. The zero-order chi connectivity index (χ0) is 18.8. The molecule has 0 radical (unpaired) electrons. The molecule has 0 aromatic heterocycles. The van der Waals surface area contributed by atoms with Crippen LogP contribution in [-0.2, 0) is 9.84 Å². The molecule has 25 heavy (non-hydrogen) atoms. The van der Waals surface area contributed by atoms with Crippen LogP contribution in [0.4, 0.5) is 0 Å². The van der Waals surface area contributed by atoms with Crippen LogP contribution in [0.3, 0.4) is 0 Å². The Morgan fingerprint density at radius 3 is 2.28 bits per heavy atom. The second-order valence-corrected chi connectivity index (χ2v) is 9.27. The summed E-state index contributed by atoms with van der Waals surface area (Å²) in [6, 6.07) is 10.8. The average molecular weight is 400 g/mol. The van der Waals surface area contributed by atoms with Gasteiger partial charge >= 0.3 is 0 Å². The van der Waals surface area contributed by atoms with E-state index in [0.717, 1.165) is 0 Å². The molecule has 0 saturated carbocycles. The highest BCUT2D eigenvalue weighted by molar-refractivity contribution is 7.92. The lowest BCUT2D eigenvalue weighted by atomic mass is 10.1. The Balaban J connectivity index is 2.33. The lowest BCUT2D eigenvalue weighted by Gasteiger charge is -2.18. The van der Waals surface area contributed by atoms with Gasteiger partial charge in [0.25, 0.3) is 5.91 Å². The fraction of sp³-hybridized carbons (Fsp3) is 0.278. The quantitative estimate of drug-likeness (QED) is 0.794. The van der Waals surface area contributed by atoms with Crippen molar-refractivity contribution in [2.24, 2.45) is 0 Å². The van der Waals surface area contributed by atoms with Crippen molar-refractivity contribution in [3.05, 3.63) is 63.6 Å². The van der Waals surface area contributed by atoms with Gasteiger partial charge in [-0.3, -0.25) is 4.79 Å². The van der Waals surface area contributed by atoms with E-state index < -0.39 is 27.0 Å². The van der Waals surface area contributed by atoms with Gasteiger partial charge in [0.1, 0.15) is 0 Å². The number of hydrogen-bond acceptors (Lipinski definition) is 3. The number of rotatable bonds is 5. The molecule has 0 bridgehead atoms. The van der Waals surface area contributed by atoms with Gasteiger partial charge in [0.2, 0.25) is 0 Å². The molecular formula is C18H19Cl2NO3S. The molecule has 1 unspecified atom stereocenters. The Labute approximate surface area is 158 Å². The van der Waals surface area contributed by atoms with Crippen LogP contribution in [0.2, 0.25) is 10.0 Å². The largest absolute Gasteiger partial charge is 0.345 e. The number of benzene rings is 2. The first-order valence-corrected chi connectivity index (χ1v) is 10.0. The number of sulfone groups is 1. The predicted octanol–water partition coefficient (Wildman–Crippen LogP) is 4.67. The zero-order valence-corrected chi connectivity index (χ0v) is 16.4. The van der Waals surface area contributed by atoms with Crippen molar-refractivity contribution in [2.75, 3.05) is 0 Å². The molecule has 134 valence electrons. The van der Waals surface area contributed by atoms with Crippen molar-refractivity contribution in [1.82, 2.24) is 5.32 Å². The second kappa shape index (κ2) is 7.77. The summed E-state index contributed by atoms with van der Waals surface area (Å²) >= 11 is 12.1. The fourth-order valence-electron chi connectivity index (χ4n) is 2.36. The minimum Gasteiger partial charge on any atom is -0.345 e. The first-order chi connectivity index (χ1) is 11.6. The third-order valence-electron chi connectivity index (χ3n) is 3.84. The van der Waals surface area contributed by atoms with Gasteiger partial charge in [-0.2, -0.15) is 0 Å². The summed E-state index contributed by atoms with van der Waals surface area (Å²) < 4.78 is 25.0. The van der Waals surface area contributed by atoms with Gasteiger partial charge in [0, 0.05) is 10.0 Å². The maximum atomic E-state index is 12.7. The van der Waals surface area contributed by atoms with Gasteiger partial charge in [0.05, 0.1) is 21.8 Å². The van der Waals surface area contributed by atoms with Crippen LogP contribution in [0.1, 0.15) is 42.7 Å². The van der Waals surface area contributed by atoms with Crippen LogP contribution in [-0.4, -0.2) is 19.6 Å². The SMILES string of the molecule is CC(NC(=O)c1ccccc1S(=O)(=O)C(C)C)c1ccc(Cl)cc1Cl. The minimum absolute atomic E-state index is 0.0249. The Kier molecular flexibility index (Phi) is 6.14. The van der Waals surface area contributed by atoms with Crippen molar-refractivity contribution in [1.29, 1.82) is 0 Å². The summed E-state index contributed by atoms with van der Waals surface area (Å²) in [5.41, 5.74) is 0.816. The monoisotopic (exact) mass is 399 g/mol. The molecule has 0 spiro atoms. The van der Waals surface area contributed by atoms with E-state index in [4.69, 9.17) is 23.2 Å². The van der Waals surface area contributed by atoms with Crippen LogP contribution < -0.4 is 5.32 Å². The lowest BCUT2D eigenvalue weighted by Crippen LogP contribution is -2.29. The Morgan fingerprint density at radius 2 is 1.68 bits per heavy atom. The Hall–Kier alpha value is -1.56. The van der Waals surface area contributed by atoms with Crippen molar-refractivity contribution in [3.8, 4) is 0 Å². The van der Waals surface area contributed by atoms with E-state index in [1.807, 2.05) is 0 Å². The standard InChI is InChI=1S/C18H19Cl2NO3S/c1-11(2)25(23,24)17-7-5-4-6-15(17)18(22)21-12(3)14-9-8-13(19)10-16(14)20/h4-12H,1-3H3,(H,21,22). The van der Waals surface area contributed by atoms with Crippen molar-refractivity contribution < 1.29 is 13.2 Å². The predicted molar refractivity (Wildman–Crippen MR) is 101 cm³/mol. The van der Waals surface area contributed by atoms with E-state index in [1.165, 1.54) is 12.1 Å². The number of carbonyl (C=O) groups is 1. The number of carbonyl (C=O) groups excluding carboxylic acids is 1. The van der Waals surface area contributed by atoms with Gasteiger partial charge in [-0.1, -0.05) is 41.4 Å². The van der Waals surface area contributed by atoms with Crippen LogP contribution in [0.25, 0.3) is 0 Å². The van der Waals surface area contributed by atoms with E-state index in [0.29, 0.717) is 15.6 Å². The summed E-state index contributed by atoms with van der Waals surface area (Å²) in [6.45, 7) is 4.94. The molecule has 1 amide bonds. The molecule has 0 aliphatic carbocycles. The van der Waals surface area contributed by atoms with Gasteiger partial charge in [-0.15, -0.1) is 0 Å². The molecule has 7 heteroatoms. The fourth-order valence-corrected chi connectivity index (χ4v) is 4.18. The molecule has 1 N–H and O–H groups in total. The van der Waals surface area contributed by atoms with E-state index in [1.54, 1.807) is 51.1 Å². The summed E-state index contributed by atoms with van der Waals surface area (Å²) in [6.07, 6.45) is 0. The summed E-state index contributed by atoms with van der Waals surface area (Å²) in [5, 5.41) is 3.11. The van der Waals surface area contributed by atoms with Gasteiger partial charge in [-0.05, 0) is 50.6 Å². The summed E-state index contributed by atoms with van der Waals surface area (Å²) in [4.78, 5) is 12.7. The van der Waals surface area contributed by atoms with Gasteiger partial charge in [-0.25, -0.2) is 8.42 Å². The van der Waals surface area contributed by atoms with E-state index in [-0.39, 0.29) is 10.5 Å². The molecule has 0 saturated heterocycles. The molecule has 0 aliphatic rings. The van der Waals surface area contributed by atoms with Gasteiger partial charge in [0.15, 0.2) is 9.84 Å². The number of hydrogen-bond donors (Lipinski definition) is 1. The third kappa shape index (κ3) is 4.35. The van der Waals surface area contributed by atoms with Crippen LogP contribution in [0.5, 0.6) is 0 Å². The zero-order valence-electron chi connectivity index (χ0n) is 14.1. The second-order valence-electron chi connectivity index (χ2n) is 5.95. The first-order valence-electron chi connectivity index (χ1n) is 7.73. The molecule has 2 rings (SSSR count). The van der Waals surface area contributed by atoms with Crippen molar-refractivity contribution >= 4 is 38.9 Å². The molecule has 0 aliphatic heterocycles. The van der Waals surface area contributed by atoms with Crippen LogP contribution in [0, 0.1) is 0 Å². The van der Waals surface area contributed by atoms with Crippen molar-refractivity contribution in [2.45, 2.75) is 37.0 Å². The molecular weight excluding hydrogens is 381 g/mol. The molecule has 2 aromatic carbocycles. The third-order valence-corrected chi connectivity index (χ3v) is 6.61. The van der Waals surface area contributed by atoms with Gasteiger partial charge < -0.3 is 5.32 Å². The highest BCUT2D eigenvalue weighted by Crippen LogP contribution is 2.27. The molecule has 1 atom stereocenters. The molecule has 0 heterocycles. The summed E-state index contributed by atoms with van der Waals surface area (Å²) in [7, 11) is -3.57. The Bertz CT molecular complexity index is 895. The summed E-state index contributed by atoms with van der Waals surface area (Å²) in [5.74, 6) is -0.474. The molecule has 2 aromatic rings. The van der Waals surface area contributed by atoms with E-state index in [9.17, 15) is 13.2 Å². The van der Waals surface area contributed by atoms with Crippen LogP contribution in [0.15, 0.2) is 47.4 Å². The Morgan fingerprint density at radius 1 is 1.04 bits per heavy atom. The maximum Gasteiger partial charge on any atom is 0.253 e. The number of amides is 1.